The number of carbonyl (C=O) groups is 2. The highest BCUT2D eigenvalue weighted by atomic mass is 16.2. The minimum absolute atomic E-state index is 0.113. The molecule has 0 bridgehead atoms. The summed E-state index contributed by atoms with van der Waals surface area (Å²) in [5.74, 6) is 1.72. The van der Waals surface area contributed by atoms with Gasteiger partial charge >= 0.3 is 0 Å². The van der Waals surface area contributed by atoms with E-state index < -0.39 is 0 Å². The third-order valence-corrected chi connectivity index (χ3v) is 8.69. The number of carbonyl (C=O) groups excluding carboxylic acids is 2. The Kier molecular flexibility index (Phi) is 6.50. The van der Waals surface area contributed by atoms with E-state index in [4.69, 9.17) is 5.10 Å². The second kappa shape index (κ2) is 9.97. The lowest BCUT2D eigenvalue weighted by molar-refractivity contribution is -0.479. The van der Waals surface area contributed by atoms with Gasteiger partial charge in [0.2, 0.25) is 17.4 Å². The van der Waals surface area contributed by atoms with Crippen molar-refractivity contribution in [3.05, 3.63) is 46.9 Å². The molecule has 0 N–H and O–H groups in total. The summed E-state index contributed by atoms with van der Waals surface area (Å²) < 4.78 is 3.97. The molecule has 4 aliphatic rings. The Morgan fingerprint density at radius 3 is 2.61 bits per heavy atom. The molecule has 1 fully saturated rings. The van der Waals surface area contributed by atoms with Crippen molar-refractivity contribution < 1.29 is 14.3 Å². The predicted molar refractivity (Wildman–Crippen MR) is 148 cm³/mol. The number of fused-ring (bicyclic) bond motifs is 1. The summed E-state index contributed by atoms with van der Waals surface area (Å²) in [6.07, 6.45) is 14.3. The first-order valence-corrected chi connectivity index (χ1v) is 14.0. The van der Waals surface area contributed by atoms with Crippen LogP contribution in [0.5, 0.6) is 0 Å². The van der Waals surface area contributed by atoms with Gasteiger partial charge in [-0.2, -0.15) is 5.10 Å². The van der Waals surface area contributed by atoms with Crippen LogP contribution in [0.4, 0.5) is 5.69 Å². The van der Waals surface area contributed by atoms with Crippen LogP contribution in [-0.4, -0.2) is 63.2 Å². The van der Waals surface area contributed by atoms with E-state index >= 15 is 0 Å². The molecule has 8 nitrogen and oxygen atoms in total. The number of hydrogen-bond donors (Lipinski definition) is 0. The first-order valence-electron chi connectivity index (χ1n) is 14.0. The average molecular weight is 514 g/mol. The monoisotopic (exact) mass is 513 g/mol. The van der Waals surface area contributed by atoms with Gasteiger partial charge in [0, 0.05) is 61.4 Å². The largest absolute Gasteiger partial charge is 0.338 e. The molecule has 0 atom stereocenters. The Morgan fingerprint density at radius 1 is 1.11 bits per heavy atom. The fourth-order valence-corrected chi connectivity index (χ4v) is 6.50. The topological polar surface area (TPSA) is 73.8 Å². The maximum absolute atomic E-state index is 12.3. The summed E-state index contributed by atoms with van der Waals surface area (Å²) >= 11 is 0. The van der Waals surface area contributed by atoms with E-state index in [1.165, 1.54) is 33.6 Å². The first kappa shape index (κ1) is 24.8. The molecule has 4 heterocycles. The number of anilines is 1. The van der Waals surface area contributed by atoms with E-state index in [1.807, 2.05) is 22.8 Å². The van der Waals surface area contributed by atoms with E-state index in [9.17, 15) is 9.59 Å². The van der Waals surface area contributed by atoms with Crippen LogP contribution in [0.15, 0.2) is 40.9 Å². The average Bonchev–Trinajstić information content (AvgIpc) is 3.51. The molecule has 0 radical (unpaired) electrons. The van der Waals surface area contributed by atoms with Crippen LogP contribution in [0.3, 0.4) is 0 Å². The van der Waals surface area contributed by atoms with Gasteiger partial charge < -0.3 is 14.6 Å². The Balaban J connectivity index is 1.37. The number of nitrogens with zero attached hydrogens (tertiary/aromatic N) is 6. The van der Waals surface area contributed by atoms with Gasteiger partial charge in [-0.15, -0.1) is 0 Å². The number of benzene rings is 1. The zero-order valence-electron chi connectivity index (χ0n) is 22.7. The van der Waals surface area contributed by atoms with Gasteiger partial charge in [0.1, 0.15) is 6.29 Å². The standard InChI is InChI=1S/C30H37N6O2/c1-20-13-29-24(14-26(20)25-15-31-33(3)17-25)5-4-11-35(29)30-27-18-34(21(2)38)12-10-28(27)36(32-30)16-22-6-8-23(19-37)9-7-22/h13-17,19,22-23H,4-12,18H2,1-3H3/q+1/b36-16+. The third kappa shape index (κ3) is 4.50. The molecule has 0 spiro atoms. The van der Waals surface area contributed by atoms with Crippen molar-refractivity contribution >= 4 is 29.9 Å². The van der Waals surface area contributed by atoms with Crippen molar-refractivity contribution in [1.29, 1.82) is 0 Å². The molecule has 1 amide bonds. The molecule has 1 saturated carbocycles. The van der Waals surface area contributed by atoms with Crippen LogP contribution >= 0.6 is 0 Å². The van der Waals surface area contributed by atoms with Crippen molar-refractivity contribution in [3.63, 3.8) is 0 Å². The number of amides is 1. The molecular formula is C30H37N6O2+. The highest BCUT2D eigenvalue weighted by molar-refractivity contribution is 6.12. The molecule has 1 aromatic heterocycles. The maximum atomic E-state index is 12.3. The highest BCUT2D eigenvalue weighted by Gasteiger charge is 2.41. The number of aldehydes is 1. The molecule has 38 heavy (non-hydrogen) atoms. The van der Waals surface area contributed by atoms with Crippen LogP contribution in [0.25, 0.3) is 11.1 Å². The van der Waals surface area contributed by atoms with Crippen LogP contribution in [-0.2, 0) is 23.1 Å². The molecule has 198 valence electrons. The van der Waals surface area contributed by atoms with E-state index in [-0.39, 0.29) is 11.8 Å². The Morgan fingerprint density at radius 2 is 1.89 bits per heavy atom. The summed E-state index contributed by atoms with van der Waals surface area (Å²) in [6.45, 7) is 6.07. The minimum Gasteiger partial charge on any atom is -0.338 e. The van der Waals surface area contributed by atoms with Gasteiger partial charge in [0.15, 0.2) is 6.21 Å². The lowest BCUT2D eigenvalue weighted by atomic mass is 9.83. The summed E-state index contributed by atoms with van der Waals surface area (Å²) in [5, 5.41) is 9.60. The SMILES string of the molecule is CC(=O)N1CCC2=C(C1)C(N1CCCc3cc(-c4cnn(C)c4)c(C)cc31)=N/[N+]2=C/C1CCC(C=O)CC1. The Bertz CT molecular complexity index is 1380. The van der Waals surface area contributed by atoms with Gasteiger partial charge in [0.25, 0.3) is 0 Å². The van der Waals surface area contributed by atoms with Gasteiger partial charge in [-0.3, -0.25) is 9.48 Å². The molecule has 0 unspecified atom stereocenters. The van der Waals surface area contributed by atoms with Crippen LogP contribution in [0.2, 0.25) is 0 Å². The zero-order chi connectivity index (χ0) is 26.4. The number of hydrazone groups is 1. The van der Waals surface area contributed by atoms with Crippen molar-refractivity contribution in [1.82, 2.24) is 14.7 Å². The summed E-state index contributed by atoms with van der Waals surface area (Å²) in [4.78, 5) is 27.9. The van der Waals surface area contributed by atoms with Gasteiger partial charge in [0.05, 0.1) is 24.7 Å². The maximum Gasteiger partial charge on any atom is 0.225 e. The molecule has 2 aromatic rings. The van der Waals surface area contributed by atoms with Crippen molar-refractivity contribution in [2.45, 2.75) is 58.8 Å². The lowest BCUT2D eigenvalue weighted by Crippen LogP contribution is -2.42. The number of rotatable bonds is 3. The minimum atomic E-state index is 0.113. The summed E-state index contributed by atoms with van der Waals surface area (Å²) in [5.41, 5.74) is 8.55. The molecular weight excluding hydrogens is 476 g/mol. The van der Waals surface area contributed by atoms with E-state index in [0.29, 0.717) is 12.5 Å². The van der Waals surface area contributed by atoms with Gasteiger partial charge in [-0.1, -0.05) is 4.68 Å². The van der Waals surface area contributed by atoms with Crippen molar-refractivity contribution in [3.8, 4) is 11.1 Å². The van der Waals surface area contributed by atoms with E-state index in [1.54, 1.807) is 6.92 Å². The van der Waals surface area contributed by atoms with Crippen LogP contribution in [0, 0.1) is 18.8 Å². The summed E-state index contributed by atoms with van der Waals surface area (Å²) in [7, 11) is 1.95. The fourth-order valence-electron chi connectivity index (χ4n) is 6.50. The molecule has 0 saturated heterocycles. The fraction of sp³-hybridized carbons (Fsp3) is 0.500. The van der Waals surface area contributed by atoms with Gasteiger partial charge in [-0.05, 0) is 74.3 Å². The quantitative estimate of drug-likeness (QED) is 0.458. The molecule has 1 aliphatic carbocycles. The predicted octanol–water partition coefficient (Wildman–Crippen LogP) is 4.07. The second-order valence-corrected chi connectivity index (χ2v) is 11.3. The lowest BCUT2D eigenvalue weighted by Gasteiger charge is -2.33. The normalized spacial score (nSPS) is 24.4. The van der Waals surface area contributed by atoms with E-state index in [2.05, 4.69) is 46.2 Å². The Hall–Kier alpha value is -3.55. The number of hydrogen-bond acceptors (Lipinski definition) is 5. The molecule has 1 aromatic carbocycles. The number of aryl methyl sites for hydroxylation is 3. The van der Waals surface area contributed by atoms with Crippen LogP contribution in [0.1, 0.15) is 56.6 Å². The Labute approximate surface area is 224 Å². The smallest absolute Gasteiger partial charge is 0.225 e. The first-order chi connectivity index (χ1) is 18.4. The van der Waals surface area contributed by atoms with Crippen molar-refractivity contribution in [2.24, 2.45) is 24.0 Å². The second-order valence-electron chi connectivity index (χ2n) is 11.3. The van der Waals surface area contributed by atoms with Crippen LogP contribution < -0.4 is 4.90 Å². The molecule has 3 aliphatic heterocycles. The summed E-state index contributed by atoms with van der Waals surface area (Å²) in [6, 6.07) is 4.63. The zero-order valence-corrected chi connectivity index (χ0v) is 22.7. The van der Waals surface area contributed by atoms with Crippen molar-refractivity contribution in [2.75, 3.05) is 24.5 Å². The van der Waals surface area contributed by atoms with E-state index in [0.717, 1.165) is 75.7 Å². The number of amidine groups is 1. The number of aromatic nitrogens is 2. The molecule has 8 heteroatoms. The molecule has 6 rings (SSSR count). The highest BCUT2D eigenvalue weighted by Crippen LogP contribution is 2.38. The third-order valence-electron chi connectivity index (χ3n) is 8.69. The van der Waals surface area contributed by atoms with Gasteiger partial charge in [-0.25, -0.2) is 0 Å².